The number of carbonyl (C=O) groups is 1. The van der Waals surface area contributed by atoms with Crippen molar-refractivity contribution in [1.29, 1.82) is 0 Å². The van der Waals surface area contributed by atoms with Gasteiger partial charge < -0.3 is 10.6 Å². The zero-order valence-corrected chi connectivity index (χ0v) is 11.6. The van der Waals surface area contributed by atoms with Crippen LogP contribution in [0.5, 0.6) is 0 Å². The van der Waals surface area contributed by atoms with Gasteiger partial charge in [0, 0.05) is 30.2 Å². The lowest BCUT2D eigenvalue weighted by atomic mass is 10.2. The summed E-state index contributed by atoms with van der Waals surface area (Å²) >= 11 is 1.89. The van der Waals surface area contributed by atoms with E-state index in [0.29, 0.717) is 17.0 Å². The quantitative estimate of drug-likeness (QED) is 0.876. The minimum atomic E-state index is -0.0705. The Kier molecular flexibility index (Phi) is 4.47. The monoisotopic (exact) mass is 265 g/mol. The molecule has 0 aromatic carbocycles. The second-order valence-corrected chi connectivity index (χ2v) is 5.66. The van der Waals surface area contributed by atoms with Crippen LogP contribution in [-0.4, -0.2) is 35.5 Å². The Morgan fingerprint density at radius 1 is 1.50 bits per heavy atom. The van der Waals surface area contributed by atoms with Gasteiger partial charge in [-0.1, -0.05) is 0 Å². The van der Waals surface area contributed by atoms with E-state index in [9.17, 15) is 4.79 Å². The van der Waals surface area contributed by atoms with Crippen molar-refractivity contribution in [2.45, 2.75) is 30.6 Å². The molecule has 0 spiro atoms. The lowest BCUT2D eigenvalue weighted by molar-refractivity contribution is 0.0933. The molecule has 2 unspecified atom stereocenters. The maximum absolute atomic E-state index is 12.1. The van der Waals surface area contributed by atoms with E-state index >= 15 is 0 Å². The number of hydrogen-bond donors (Lipinski definition) is 2. The van der Waals surface area contributed by atoms with Crippen LogP contribution in [0.1, 0.15) is 29.8 Å². The SMILES string of the molecule is CNc1ccnc(C(=O)NC2CCC(SC)C2)c1. The fraction of sp³-hybridized carbons (Fsp3) is 0.538. The van der Waals surface area contributed by atoms with Crippen LogP contribution < -0.4 is 10.6 Å². The predicted molar refractivity (Wildman–Crippen MR) is 76.2 cm³/mol. The average molecular weight is 265 g/mol. The fourth-order valence-corrected chi connectivity index (χ4v) is 3.05. The van der Waals surface area contributed by atoms with Crippen LogP contribution in [0.25, 0.3) is 0 Å². The van der Waals surface area contributed by atoms with Crippen LogP contribution in [-0.2, 0) is 0 Å². The molecule has 1 fully saturated rings. The summed E-state index contributed by atoms with van der Waals surface area (Å²) in [5.41, 5.74) is 1.39. The third kappa shape index (κ3) is 3.16. The Balaban J connectivity index is 1.95. The largest absolute Gasteiger partial charge is 0.388 e. The number of nitrogens with zero attached hydrogens (tertiary/aromatic N) is 1. The molecule has 1 aromatic rings. The molecule has 1 saturated carbocycles. The van der Waals surface area contributed by atoms with E-state index in [2.05, 4.69) is 21.9 Å². The Bertz CT molecular complexity index is 424. The summed E-state index contributed by atoms with van der Waals surface area (Å²) in [6.07, 6.45) is 7.12. The number of amides is 1. The summed E-state index contributed by atoms with van der Waals surface area (Å²) in [7, 11) is 1.83. The summed E-state index contributed by atoms with van der Waals surface area (Å²) in [5.74, 6) is -0.0705. The third-order valence-electron chi connectivity index (χ3n) is 3.33. The number of rotatable bonds is 4. The first kappa shape index (κ1) is 13.2. The number of thioether (sulfide) groups is 1. The Morgan fingerprint density at radius 2 is 2.33 bits per heavy atom. The maximum Gasteiger partial charge on any atom is 0.270 e. The lowest BCUT2D eigenvalue weighted by Crippen LogP contribution is -2.33. The minimum Gasteiger partial charge on any atom is -0.388 e. The van der Waals surface area contributed by atoms with Crippen LogP contribution in [0, 0.1) is 0 Å². The summed E-state index contributed by atoms with van der Waals surface area (Å²) in [6.45, 7) is 0. The first-order valence-electron chi connectivity index (χ1n) is 6.20. The van der Waals surface area contributed by atoms with Crippen molar-refractivity contribution in [3.05, 3.63) is 24.0 Å². The van der Waals surface area contributed by atoms with E-state index in [1.807, 2.05) is 24.9 Å². The van der Waals surface area contributed by atoms with Crippen molar-refractivity contribution in [3.63, 3.8) is 0 Å². The highest BCUT2D eigenvalue weighted by Gasteiger charge is 2.25. The first-order valence-corrected chi connectivity index (χ1v) is 7.49. The summed E-state index contributed by atoms with van der Waals surface area (Å²) in [4.78, 5) is 16.2. The summed E-state index contributed by atoms with van der Waals surface area (Å²) < 4.78 is 0. The predicted octanol–water partition coefficient (Wildman–Crippen LogP) is 2.14. The van der Waals surface area contributed by atoms with Crippen molar-refractivity contribution >= 4 is 23.4 Å². The van der Waals surface area contributed by atoms with Gasteiger partial charge >= 0.3 is 0 Å². The van der Waals surface area contributed by atoms with Gasteiger partial charge in [-0.05, 0) is 37.7 Å². The zero-order chi connectivity index (χ0) is 13.0. The number of nitrogens with one attached hydrogen (secondary N) is 2. The minimum absolute atomic E-state index is 0.0705. The molecule has 0 bridgehead atoms. The molecule has 1 heterocycles. The van der Waals surface area contributed by atoms with Crippen LogP contribution in [0.2, 0.25) is 0 Å². The highest BCUT2D eigenvalue weighted by atomic mass is 32.2. The molecular formula is C13H19N3OS. The molecule has 5 heteroatoms. The second kappa shape index (κ2) is 6.09. The van der Waals surface area contributed by atoms with E-state index in [-0.39, 0.29) is 5.91 Å². The van der Waals surface area contributed by atoms with Gasteiger partial charge in [0.05, 0.1) is 0 Å². The Hall–Kier alpha value is -1.23. The molecule has 1 aliphatic rings. The topological polar surface area (TPSA) is 54.0 Å². The van der Waals surface area contributed by atoms with Crippen molar-refractivity contribution in [2.24, 2.45) is 0 Å². The summed E-state index contributed by atoms with van der Waals surface area (Å²) in [5, 5.41) is 6.76. The number of pyridine rings is 1. The van der Waals surface area contributed by atoms with Gasteiger partial charge in [-0.3, -0.25) is 9.78 Å². The second-order valence-electron chi connectivity index (χ2n) is 4.52. The molecule has 0 radical (unpaired) electrons. The summed E-state index contributed by atoms with van der Waals surface area (Å²) in [6, 6.07) is 3.92. The van der Waals surface area contributed by atoms with Crippen LogP contribution in [0.4, 0.5) is 5.69 Å². The number of aromatic nitrogens is 1. The molecule has 1 aliphatic carbocycles. The third-order valence-corrected chi connectivity index (χ3v) is 4.43. The molecule has 98 valence electrons. The van der Waals surface area contributed by atoms with Crippen molar-refractivity contribution in [1.82, 2.24) is 10.3 Å². The highest BCUT2D eigenvalue weighted by molar-refractivity contribution is 7.99. The Morgan fingerprint density at radius 3 is 3.00 bits per heavy atom. The lowest BCUT2D eigenvalue weighted by Gasteiger charge is -2.12. The van der Waals surface area contributed by atoms with Crippen molar-refractivity contribution in [2.75, 3.05) is 18.6 Å². The number of carbonyl (C=O) groups excluding carboxylic acids is 1. The molecule has 2 N–H and O–H groups in total. The van der Waals surface area contributed by atoms with E-state index in [4.69, 9.17) is 0 Å². The fourth-order valence-electron chi connectivity index (χ4n) is 2.25. The van der Waals surface area contributed by atoms with Crippen molar-refractivity contribution < 1.29 is 4.79 Å². The Labute approximate surface area is 112 Å². The molecule has 0 saturated heterocycles. The van der Waals surface area contributed by atoms with Gasteiger partial charge in [-0.2, -0.15) is 11.8 Å². The molecule has 1 aromatic heterocycles. The molecule has 2 rings (SSSR count). The van der Waals surface area contributed by atoms with Crippen LogP contribution >= 0.6 is 11.8 Å². The van der Waals surface area contributed by atoms with Gasteiger partial charge in [-0.15, -0.1) is 0 Å². The van der Waals surface area contributed by atoms with Gasteiger partial charge in [0.2, 0.25) is 0 Å². The van der Waals surface area contributed by atoms with Crippen LogP contribution in [0.3, 0.4) is 0 Å². The average Bonchev–Trinajstić information content (AvgIpc) is 2.86. The number of anilines is 1. The molecule has 18 heavy (non-hydrogen) atoms. The van der Waals surface area contributed by atoms with Gasteiger partial charge in [0.15, 0.2) is 0 Å². The normalized spacial score (nSPS) is 22.8. The van der Waals surface area contributed by atoms with E-state index < -0.39 is 0 Å². The van der Waals surface area contributed by atoms with E-state index in [1.165, 1.54) is 6.42 Å². The molecule has 0 aliphatic heterocycles. The zero-order valence-electron chi connectivity index (χ0n) is 10.8. The van der Waals surface area contributed by atoms with Gasteiger partial charge in [0.25, 0.3) is 5.91 Å². The standard InChI is InChI=1S/C13H19N3OS/c1-14-9-5-6-15-12(8-9)13(17)16-10-3-4-11(7-10)18-2/h5-6,8,10-11H,3-4,7H2,1-2H3,(H,14,15)(H,16,17). The molecule has 4 nitrogen and oxygen atoms in total. The van der Waals surface area contributed by atoms with E-state index in [0.717, 1.165) is 18.5 Å². The molecular weight excluding hydrogens is 246 g/mol. The maximum atomic E-state index is 12.1. The molecule has 1 amide bonds. The van der Waals surface area contributed by atoms with Gasteiger partial charge in [0.1, 0.15) is 5.69 Å². The number of hydrogen-bond acceptors (Lipinski definition) is 4. The van der Waals surface area contributed by atoms with Gasteiger partial charge in [-0.25, -0.2) is 0 Å². The smallest absolute Gasteiger partial charge is 0.270 e. The highest BCUT2D eigenvalue weighted by Crippen LogP contribution is 2.28. The first-order chi connectivity index (χ1) is 8.72. The van der Waals surface area contributed by atoms with Crippen molar-refractivity contribution in [3.8, 4) is 0 Å². The molecule has 2 atom stereocenters. The van der Waals surface area contributed by atoms with E-state index in [1.54, 1.807) is 12.3 Å². The van der Waals surface area contributed by atoms with Crippen LogP contribution in [0.15, 0.2) is 18.3 Å².